The summed E-state index contributed by atoms with van der Waals surface area (Å²) in [4.78, 5) is 101. The number of rotatable bonds is 18. The molecule has 722 valence electrons. The van der Waals surface area contributed by atoms with Gasteiger partial charge in [0.15, 0.2) is 57.8 Å². The van der Waals surface area contributed by atoms with Gasteiger partial charge in [-0.2, -0.15) is 0 Å². The number of halogens is 5. The number of ether oxygens (including phenoxy) is 5. The Kier molecular flexibility index (Phi) is 30.0. The van der Waals surface area contributed by atoms with E-state index in [1.165, 1.54) is 145 Å². The number of likely N-dealkylation sites (N-methyl/N-ethyl adjacent to an activating group) is 3. The van der Waals surface area contributed by atoms with Crippen molar-refractivity contribution in [1.29, 1.82) is 0 Å². The van der Waals surface area contributed by atoms with Crippen molar-refractivity contribution in [3.63, 3.8) is 0 Å². The molecule has 5 aliphatic heterocycles. The molecule has 0 saturated carbocycles. The van der Waals surface area contributed by atoms with Gasteiger partial charge in [-0.05, 0) is 244 Å². The number of β-amino-alcohol motifs (C(OH)–C–C–N with tert-alkyl or cyclic N) is 1. The highest BCUT2D eigenvalue weighted by atomic mass is 19.1. The summed E-state index contributed by atoms with van der Waals surface area (Å²) in [6, 6.07) is 50.0. The van der Waals surface area contributed by atoms with E-state index < -0.39 is 35.2 Å². The Bertz CT molecular complexity index is 7410. The van der Waals surface area contributed by atoms with Crippen molar-refractivity contribution >= 4 is 56.6 Å². The van der Waals surface area contributed by atoms with Crippen LogP contribution in [-0.4, -0.2) is 240 Å². The molecule has 20 rings (SSSR count). The molecule has 0 aliphatic carbocycles. The van der Waals surface area contributed by atoms with Crippen LogP contribution in [0.4, 0.5) is 44.7 Å². The Balaban J connectivity index is 0.000000125. The van der Waals surface area contributed by atoms with Gasteiger partial charge in [-0.3, -0.25) is 46.0 Å². The fourth-order valence-corrected chi connectivity index (χ4v) is 17.8. The quantitative estimate of drug-likeness (QED) is 0.0672. The van der Waals surface area contributed by atoms with Crippen LogP contribution in [-0.2, 0) is 0 Å². The molecule has 4 saturated heterocycles. The lowest BCUT2D eigenvalue weighted by Crippen LogP contribution is -2.41. The predicted molar refractivity (Wildman–Crippen MR) is 531 cm³/mol. The number of hydrogen-bond donors (Lipinski definition) is 3. The van der Waals surface area contributed by atoms with Crippen molar-refractivity contribution < 1.29 is 50.7 Å². The number of nitrogens with one attached hydrogen (secondary N) is 1. The van der Waals surface area contributed by atoms with E-state index in [2.05, 4.69) is 82.0 Å². The second-order valence-electron chi connectivity index (χ2n) is 35.2. The van der Waals surface area contributed by atoms with Crippen molar-refractivity contribution in [2.75, 3.05) is 163 Å². The zero-order valence-corrected chi connectivity index (χ0v) is 79.1. The number of hydrogen-bond acceptors (Lipinski definition) is 25. The van der Waals surface area contributed by atoms with E-state index >= 15 is 0 Å². The molecule has 5 aliphatic rings. The third-order valence-electron chi connectivity index (χ3n) is 26.0. The van der Waals surface area contributed by atoms with Crippen molar-refractivity contribution in [3.8, 4) is 85.0 Å². The molecule has 5 aromatic carbocycles. The molecule has 4 N–H and O–H groups in total. The highest BCUT2D eigenvalue weighted by Crippen LogP contribution is 2.34. The molecular formula is C104H110F5N19O11. The van der Waals surface area contributed by atoms with Gasteiger partial charge in [-0.15, -0.1) is 0 Å². The lowest BCUT2D eigenvalue weighted by molar-refractivity contribution is 0.114. The summed E-state index contributed by atoms with van der Waals surface area (Å²) in [7, 11) is 19.2. The molecule has 10 aromatic heterocycles. The lowest BCUT2D eigenvalue weighted by Gasteiger charge is -2.33. The topological polar surface area (TPSA) is 299 Å². The second kappa shape index (κ2) is 42.9. The zero-order valence-electron chi connectivity index (χ0n) is 79.1. The van der Waals surface area contributed by atoms with E-state index in [0.29, 0.717) is 110 Å². The normalized spacial score (nSPS) is 16.4. The second-order valence-corrected chi connectivity index (χ2v) is 35.2. The standard InChI is InChI=1S/C21H23FN4O3.2C21H23FN4O2.C21H20FN3O2.C20H21FN4O2/c1-24(2)17-11-25(12-18(17)27)14-5-7-20-23-16(9-21(28)26(20)10-14)13-4-6-19(29-3)15(22)8-13;1-24(2)15-8-9-25(12-15)16-5-7-20-23-18(11-21(27)26(20)13-16)14-4-6-19(28-3)17(22)10-14;1-23-15-7-9-25(10-8-15)16-4-6-20-24-18(12-21(27)26(20)13-16)14-3-5-19(28-2)17(22)11-14;1-24-9-7-14(8-10-24)16-4-6-20-23-18(12-21(26)25(20)13-16)15-3-5-19(27-2)17(22)11-15;1-27-18-4-2-13(10-16(18)21)17-11-20(26)25-12-15(3-5-19(25)23-17)24-8-6-14(22)7-9-24/h4-10,17-18,27H,11-12H2,1-3H3;4-7,10-11,13,15H,8-9,12H2,1-3H3;3-6,11-13,15,23H,7-10H2,1-2H3;3-7,11-13H,8-10H2,1-2H3;2-5,10-12,14H,6-9,22H2,1H3/t17-,18-;15-;;;/m10.../s1. The molecule has 139 heavy (non-hydrogen) atoms. The fourth-order valence-electron chi connectivity index (χ4n) is 17.8. The molecular weight excluding hydrogens is 1790 g/mol. The van der Waals surface area contributed by atoms with Crippen LogP contribution in [0, 0.1) is 29.1 Å². The Labute approximate surface area is 798 Å². The molecule has 4 fully saturated rings. The van der Waals surface area contributed by atoms with Crippen molar-refractivity contribution in [3.05, 3.63) is 305 Å². The number of anilines is 4. The number of methoxy groups -OCH3 is 5. The first-order valence-corrected chi connectivity index (χ1v) is 45.7. The summed E-state index contributed by atoms with van der Waals surface area (Å²) < 4.78 is 102. The summed E-state index contributed by atoms with van der Waals surface area (Å²) in [5, 5.41) is 13.6. The highest BCUT2D eigenvalue weighted by molar-refractivity contribution is 5.72. The number of nitrogens with two attached hydrogens (primary N) is 1. The van der Waals surface area contributed by atoms with E-state index in [0.717, 1.165) is 119 Å². The van der Waals surface area contributed by atoms with Crippen molar-refractivity contribution in [1.82, 2.24) is 66.9 Å². The number of aliphatic hydroxyl groups is 1. The number of piperidine rings is 2. The molecule has 15 aromatic rings. The van der Waals surface area contributed by atoms with Crippen LogP contribution in [0.2, 0.25) is 0 Å². The minimum Gasteiger partial charge on any atom is -0.494 e. The van der Waals surface area contributed by atoms with Gasteiger partial charge in [0.05, 0.1) is 98.9 Å². The van der Waals surface area contributed by atoms with Gasteiger partial charge in [0.25, 0.3) is 27.8 Å². The Hall–Kier alpha value is -14.8. The third kappa shape index (κ3) is 22.1. The van der Waals surface area contributed by atoms with Crippen molar-refractivity contribution in [2.45, 2.75) is 68.8 Å². The van der Waals surface area contributed by atoms with Gasteiger partial charge in [-0.1, -0.05) is 6.08 Å². The van der Waals surface area contributed by atoms with E-state index in [-0.39, 0.29) is 68.6 Å². The average Bonchev–Trinajstić information content (AvgIpc) is 1.19. The van der Waals surface area contributed by atoms with Crippen LogP contribution in [0.5, 0.6) is 28.7 Å². The molecule has 0 radical (unpaired) electrons. The predicted octanol–water partition coefficient (Wildman–Crippen LogP) is 12.6. The van der Waals surface area contributed by atoms with E-state index in [4.69, 9.17) is 29.4 Å². The maximum Gasteiger partial charge on any atom is 0.258 e. The smallest absolute Gasteiger partial charge is 0.258 e. The Morgan fingerprint density at radius 3 is 0.971 bits per heavy atom. The van der Waals surface area contributed by atoms with Crippen LogP contribution in [0.15, 0.2) is 243 Å². The summed E-state index contributed by atoms with van der Waals surface area (Å²) in [6.07, 6.45) is 16.8. The SMILES string of the molecule is CNC1CCN(c2ccc3nc(-c4ccc(OC)c(F)c4)cc(=O)n3c2)CC1.COc1ccc(-c2cc(=O)n3cc(C4=CCN(C)CC4)ccc3n2)cc1F.COc1ccc(-c2cc(=O)n3cc(N4CCC(N)CC4)ccc3n2)cc1F.COc1ccc(-c2cc(=O)n3cc(N4CC[C@H](N(C)C)C4)ccc3n2)cc1F.COc1ccc(-c2cc(=O)n3cc(N4C[C@@H](O)[C@H](N(C)C)C4)ccc3n2)cc1F. The zero-order chi connectivity index (χ0) is 98.1. The van der Waals surface area contributed by atoms with Gasteiger partial charge in [0, 0.05) is 173 Å². The summed E-state index contributed by atoms with van der Waals surface area (Å²) in [5.74, 6) is -1.68. The average molecular weight is 1900 g/mol. The third-order valence-corrected chi connectivity index (χ3v) is 26.0. The molecule has 30 nitrogen and oxygen atoms in total. The van der Waals surface area contributed by atoms with Gasteiger partial charge in [-0.25, -0.2) is 46.9 Å². The Morgan fingerprint density at radius 2 is 0.676 bits per heavy atom. The molecule has 35 heteroatoms. The number of benzene rings is 5. The molecule has 0 amide bonds. The van der Waals surface area contributed by atoms with Crippen LogP contribution in [0.1, 0.15) is 44.1 Å². The van der Waals surface area contributed by atoms with E-state index in [1.54, 1.807) is 57.6 Å². The highest BCUT2D eigenvalue weighted by Gasteiger charge is 2.34. The summed E-state index contributed by atoms with van der Waals surface area (Å²) in [6.45, 7) is 8.61. The van der Waals surface area contributed by atoms with E-state index in [1.807, 2.05) is 104 Å². The van der Waals surface area contributed by atoms with Crippen LogP contribution < -0.4 is 82.1 Å². The minimum atomic E-state index is -0.509. The number of aliphatic hydroxyl groups excluding tert-OH is 1. The largest absolute Gasteiger partial charge is 0.494 e. The number of aromatic nitrogens is 10. The summed E-state index contributed by atoms with van der Waals surface area (Å²) >= 11 is 0. The molecule has 0 bridgehead atoms. The van der Waals surface area contributed by atoms with Crippen LogP contribution in [0.25, 0.3) is 90.1 Å². The Morgan fingerprint density at radius 1 is 0.367 bits per heavy atom. The molecule has 0 unspecified atom stereocenters. The molecule has 0 spiro atoms. The van der Waals surface area contributed by atoms with Crippen LogP contribution in [0.3, 0.4) is 0 Å². The van der Waals surface area contributed by atoms with Crippen molar-refractivity contribution in [2.24, 2.45) is 5.73 Å². The van der Waals surface area contributed by atoms with Crippen LogP contribution >= 0.6 is 0 Å². The first-order valence-electron chi connectivity index (χ1n) is 45.7. The first kappa shape index (κ1) is 97.3. The van der Waals surface area contributed by atoms with Gasteiger partial charge in [0.2, 0.25) is 0 Å². The first-order chi connectivity index (χ1) is 67.0. The lowest BCUT2D eigenvalue weighted by atomic mass is 10.0. The van der Waals surface area contributed by atoms with Gasteiger partial charge >= 0.3 is 0 Å². The summed E-state index contributed by atoms with van der Waals surface area (Å²) in [5.41, 5.74) is 18.4. The molecule has 15 heterocycles. The fraction of sp³-hybridized carbons (Fsp3) is 0.308. The minimum absolute atomic E-state index is 0.0351. The molecule has 3 atom stereocenters. The maximum absolute atomic E-state index is 14.0. The van der Waals surface area contributed by atoms with E-state index in [9.17, 15) is 51.0 Å². The number of nitrogens with zero attached hydrogens (tertiary/aromatic N) is 17. The maximum atomic E-state index is 14.0. The number of fused-ring (bicyclic) bond motifs is 5. The monoisotopic (exact) mass is 1900 g/mol. The van der Waals surface area contributed by atoms with Gasteiger partial charge < -0.3 is 74.1 Å². The van der Waals surface area contributed by atoms with Gasteiger partial charge in [0.1, 0.15) is 28.2 Å². The number of pyridine rings is 5.